The Hall–Kier alpha value is -0.650. The topological polar surface area (TPSA) is 35.5 Å². The van der Waals surface area contributed by atoms with Crippen molar-refractivity contribution in [3.63, 3.8) is 0 Å². The third-order valence-electron chi connectivity index (χ3n) is 3.44. The zero-order chi connectivity index (χ0) is 13.1. The number of hydrogen-bond donors (Lipinski definition) is 2. The number of phenolic OH excluding ortho intramolecular Hbond substituents is 1. The van der Waals surface area contributed by atoms with Gasteiger partial charge in [0.15, 0.2) is 11.6 Å². The zero-order valence-electron chi connectivity index (χ0n) is 10.4. The molecule has 0 spiro atoms. The first-order chi connectivity index (χ1) is 8.65. The van der Waals surface area contributed by atoms with Crippen molar-refractivity contribution in [2.75, 3.05) is 26.2 Å². The van der Waals surface area contributed by atoms with Crippen molar-refractivity contribution in [1.29, 1.82) is 0 Å². The fraction of sp³-hybridized carbons (Fsp3) is 0.538. The van der Waals surface area contributed by atoms with Crippen molar-refractivity contribution in [3.8, 4) is 5.75 Å². The summed E-state index contributed by atoms with van der Waals surface area (Å²) < 4.78 is 14.0. The molecule has 1 aromatic rings. The van der Waals surface area contributed by atoms with Crippen LogP contribution in [0.25, 0.3) is 0 Å². The van der Waals surface area contributed by atoms with Crippen LogP contribution < -0.4 is 5.32 Å². The summed E-state index contributed by atoms with van der Waals surface area (Å²) in [7, 11) is 0. The van der Waals surface area contributed by atoms with Crippen LogP contribution in [0.2, 0.25) is 0 Å². The lowest BCUT2D eigenvalue weighted by atomic mass is 10.0. The van der Waals surface area contributed by atoms with E-state index in [1.165, 1.54) is 0 Å². The van der Waals surface area contributed by atoms with Crippen LogP contribution in [0.15, 0.2) is 16.6 Å². The number of nitrogens with zero attached hydrogens (tertiary/aromatic N) is 1. The standard InChI is InChI=1S/C13H18BrFN2O/c1-2-11(17-7-5-16-6-8-17)9-3-4-10(14)12(15)13(9)18/h3-4,11,16,18H,2,5-8H2,1H3/t11-/m0/s1. The number of aromatic hydroxyl groups is 1. The molecule has 0 unspecified atom stereocenters. The SMILES string of the molecule is CC[C@@H](c1ccc(Br)c(F)c1O)N1CCNCC1. The van der Waals surface area contributed by atoms with Gasteiger partial charge in [-0.15, -0.1) is 0 Å². The second-order valence-corrected chi connectivity index (χ2v) is 5.36. The predicted molar refractivity (Wildman–Crippen MR) is 73.2 cm³/mol. The van der Waals surface area contributed by atoms with Gasteiger partial charge in [-0.3, -0.25) is 4.90 Å². The molecule has 0 amide bonds. The Bertz CT molecular complexity index is 422. The summed E-state index contributed by atoms with van der Waals surface area (Å²) in [5, 5.41) is 13.3. The second kappa shape index (κ2) is 5.99. The minimum absolute atomic E-state index is 0.0784. The molecule has 0 aliphatic carbocycles. The molecule has 1 aromatic carbocycles. The molecule has 2 rings (SSSR count). The molecule has 1 aliphatic heterocycles. The molecule has 2 N–H and O–H groups in total. The average Bonchev–Trinajstić information content (AvgIpc) is 2.41. The Balaban J connectivity index is 2.29. The number of nitrogens with one attached hydrogen (secondary N) is 1. The molecule has 0 saturated carbocycles. The van der Waals surface area contributed by atoms with E-state index >= 15 is 0 Å². The molecular weight excluding hydrogens is 299 g/mol. The van der Waals surface area contributed by atoms with Crippen LogP contribution in [0.1, 0.15) is 24.9 Å². The van der Waals surface area contributed by atoms with Crippen molar-refractivity contribution in [2.45, 2.75) is 19.4 Å². The van der Waals surface area contributed by atoms with Gasteiger partial charge in [0.25, 0.3) is 0 Å². The Labute approximate surface area is 115 Å². The molecule has 3 nitrogen and oxygen atoms in total. The molecular formula is C13H18BrFN2O. The smallest absolute Gasteiger partial charge is 0.179 e. The van der Waals surface area contributed by atoms with Crippen LogP contribution in [0.3, 0.4) is 0 Å². The highest BCUT2D eigenvalue weighted by Gasteiger charge is 2.24. The molecule has 0 bridgehead atoms. The van der Waals surface area contributed by atoms with Gasteiger partial charge >= 0.3 is 0 Å². The molecule has 18 heavy (non-hydrogen) atoms. The van der Waals surface area contributed by atoms with E-state index in [9.17, 15) is 9.50 Å². The monoisotopic (exact) mass is 316 g/mol. The molecule has 1 fully saturated rings. The molecule has 1 heterocycles. The van der Waals surface area contributed by atoms with Crippen molar-refractivity contribution >= 4 is 15.9 Å². The minimum Gasteiger partial charge on any atom is -0.505 e. The van der Waals surface area contributed by atoms with Crippen molar-refractivity contribution in [2.24, 2.45) is 0 Å². The number of halogens is 2. The fourth-order valence-electron chi connectivity index (χ4n) is 2.49. The number of phenols is 1. The largest absolute Gasteiger partial charge is 0.505 e. The number of rotatable bonds is 3. The van der Waals surface area contributed by atoms with E-state index in [1.54, 1.807) is 12.1 Å². The van der Waals surface area contributed by atoms with Crippen LogP contribution in [0.4, 0.5) is 4.39 Å². The Morgan fingerprint density at radius 1 is 1.44 bits per heavy atom. The third kappa shape index (κ3) is 2.68. The maximum Gasteiger partial charge on any atom is 0.179 e. The van der Waals surface area contributed by atoms with Gasteiger partial charge in [0.05, 0.1) is 4.47 Å². The van der Waals surface area contributed by atoms with E-state index in [1.807, 2.05) is 0 Å². The van der Waals surface area contributed by atoms with Gasteiger partial charge in [0, 0.05) is 37.8 Å². The van der Waals surface area contributed by atoms with Gasteiger partial charge in [0.1, 0.15) is 0 Å². The predicted octanol–water partition coefficient (Wildman–Crippen LogP) is 2.65. The van der Waals surface area contributed by atoms with E-state index < -0.39 is 5.82 Å². The second-order valence-electron chi connectivity index (χ2n) is 4.51. The first-order valence-electron chi connectivity index (χ1n) is 6.26. The van der Waals surface area contributed by atoms with Crippen LogP contribution in [0, 0.1) is 5.82 Å². The van der Waals surface area contributed by atoms with Gasteiger partial charge < -0.3 is 10.4 Å². The minimum atomic E-state index is -0.568. The van der Waals surface area contributed by atoms with Gasteiger partial charge in [-0.2, -0.15) is 0 Å². The van der Waals surface area contributed by atoms with E-state index in [0.29, 0.717) is 10.0 Å². The highest BCUT2D eigenvalue weighted by atomic mass is 79.9. The summed E-state index contributed by atoms with van der Waals surface area (Å²) in [6, 6.07) is 3.54. The Kier molecular flexibility index (Phi) is 4.59. The Morgan fingerprint density at radius 2 is 2.11 bits per heavy atom. The first kappa shape index (κ1) is 13.8. The van der Waals surface area contributed by atoms with Gasteiger partial charge in [-0.1, -0.05) is 13.0 Å². The highest BCUT2D eigenvalue weighted by molar-refractivity contribution is 9.10. The highest BCUT2D eigenvalue weighted by Crippen LogP contribution is 2.35. The van der Waals surface area contributed by atoms with E-state index in [2.05, 4.69) is 33.1 Å². The van der Waals surface area contributed by atoms with Crippen LogP contribution in [-0.2, 0) is 0 Å². The summed E-state index contributed by atoms with van der Waals surface area (Å²) in [4.78, 5) is 2.29. The van der Waals surface area contributed by atoms with E-state index in [0.717, 1.165) is 32.6 Å². The molecule has 0 aromatic heterocycles. The molecule has 1 saturated heterocycles. The average molecular weight is 317 g/mol. The molecule has 1 aliphatic rings. The van der Waals surface area contributed by atoms with Crippen LogP contribution in [-0.4, -0.2) is 36.2 Å². The van der Waals surface area contributed by atoms with Crippen LogP contribution in [0.5, 0.6) is 5.75 Å². The van der Waals surface area contributed by atoms with Gasteiger partial charge in [-0.05, 0) is 28.4 Å². The number of benzene rings is 1. The molecule has 100 valence electrons. The first-order valence-corrected chi connectivity index (χ1v) is 7.06. The summed E-state index contributed by atoms with van der Waals surface area (Å²) in [6.07, 6.45) is 0.856. The third-order valence-corrected chi connectivity index (χ3v) is 4.05. The number of piperazine rings is 1. The molecule has 5 heteroatoms. The Morgan fingerprint density at radius 3 is 2.72 bits per heavy atom. The number of hydrogen-bond acceptors (Lipinski definition) is 3. The summed E-state index contributed by atoms with van der Waals surface area (Å²) >= 11 is 3.09. The molecule has 1 atom stereocenters. The van der Waals surface area contributed by atoms with Crippen LogP contribution >= 0.6 is 15.9 Å². The fourth-order valence-corrected chi connectivity index (χ4v) is 2.81. The maximum absolute atomic E-state index is 13.7. The normalized spacial score (nSPS) is 18.8. The van der Waals surface area contributed by atoms with Crippen molar-refractivity contribution < 1.29 is 9.50 Å². The molecule has 0 radical (unpaired) electrons. The summed E-state index contributed by atoms with van der Waals surface area (Å²) in [5.74, 6) is -0.796. The van der Waals surface area contributed by atoms with Crippen molar-refractivity contribution in [3.05, 3.63) is 28.0 Å². The van der Waals surface area contributed by atoms with E-state index in [4.69, 9.17) is 0 Å². The quantitative estimate of drug-likeness (QED) is 0.900. The van der Waals surface area contributed by atoms with Gasteiger partial charge in [-0.25, -0.2) is 4.39 Å². The van der Waals surface area contributed by atoms with Gasteiger partial charge in [0.2, 0.25) is 0 Å². The summed E-state index contributed by atoms with van der Waals surface area (Å²) in [5.41, 5.74) is 0.681. The summed E-state index contributed by atoms with van der Waals surface area (Å²) in [6.45, 7) is 5.80. The van der Waals surface area contributed by atoms with E-state index in [-0.39, 0.29) is 11.8 Å². The zero-order valence-corrected chi connectivity index (χ0v) is 12.0. The lowest BCUT2D eigenvalue weighted by molar-refractivity contribution is 0.166. The van der Waals surface area contributed by atoms with Crippen molar-refractivity contribution in [1.82, 2.24) is 10.2 Å². The maximum atomic E-state index is 13.7. The lowest BCUT2D eigenvalue weighted by Crippen LogP contribution is -2.45. The lowest BCUT2D eigenvalue weighted by Gasteiger charge is -2.35.